The first-order chi connectivity index (χ1) is 14.0. The van der Waals surface area contributed by atoms with Crippen LogP contribution >= 0.6 is 11.8 Å². The number of hydrogen-bond acceptors (Lipinski definition) is 5. The molecule has 0 amide bonds. The molecule has 0 aromatic heterocycles. The van der Waals surface area contributed by atoms with Crippen molar-refractivity contribution >= 4 is 28.3 Å². The number of benzene rings is 3. The third kappa shape index (κ3) is 2.61. The number of carbonyl (C=O) groups excluding carboxylic acids is 1. The van der Waals surface area contributed by atoms with E-state index in [2.05, 4.69) is 0 Å². The molecular formula is C24H20N2O2S. The van der Waals surface area contributed by atoms with Crippen LogP contribution in [0.3, 0.4) is 0 Å². The highest BCUT2D eigenvalue weighted by molar-refractivity contribution is 8.16. The van der Waals surface area contributed by atoms with E-state index in [9.17, 15) is 4.79 Å². The molecule has 3 aromatic carbocycles. The largest absolute Gasteiger partial charge is 0.483 e. The van der Waals surface area contributed by atoms with Gasteiger partial charge in [0, 0.05) is 5.56 Å². The fraction of sp³-hybridized carbons (Fsp3) is 0.167. The van der Waals surface area contributed by atoms with Crippen LogP contribution in [0.5, 0.6) is 5.75 Å². The summed E-state index contributed by atoms with van der Waals surface area (Å²) in [5, 5.41) is 7.59. The van der Waals surface area contributed by atoms with Crippen LogP contribution < -0.4 is 9.75 Å². The van der Waals surface area contributed by atoms with Crippen molar-refractivity contribution in [2.75, 3.05) is 5.01 Å². The molecule has 29 heavy (non-hydrogen) atoms. The van der Waals surface area contributed by atoms with Gasteiger partial charge >= 0.3 is 0 Å². The lowest BCUT2D eigenvalue weighted by Gasteiger charge is -2.49. The molecule has 0 bridgehead atoms. The van der Waals surface area contributed by atoms with Gasteiger partial charge in [-0.3, -0.25) is 4.79 Å². The predicted molar refractivity (Wildman–Crippen MR) is 118 cm³/mol. The van der Waals surface area contributed by atoms with Gasteiger partial charge in [-0.1, -0.05) is 72.4 Å². The fourth-order valence-electron chi connectivity index (χ4n) is 3.93. The number of Topliss-reactive ketones (excluding diaryl/α,β-unsaturated/α-hetero) is 1. The molecule has 5 rings (SSSR count). The number of anilines is 1. The summed E-state index contributed by atoms with van der Waals surface area (Å²) in [4.78, 5) is 13.0. The first-order valence-electron chi connectivity index (χ1n) is 9.54. The van der Waals surface area contributed by atoms with Gasteiger partial charge in [0.25, 0.3) is 0 Å². The summed E-state index contributed by atoms with van der Waals surface area (Å²) < 4.78 is 6.41. The zero-order chi connectivity index (χ0) is 20.1. The molecule has 144 valence electrons. The summed E-state index contributed by atoms with van der Waals surface area (Å²) in [5.74, 6) is 0.628. The summed E-state index contributed by atoms with van der Waals surface area (Å²) in [6.07, 6.45) is 0. The standard InChI is InChI=1S/C24H20N2O2S/c1-23(2)24(21(27)19-15-9-10-16-20(19)28-23)26(18-13-7-4-8-14-18)25-22(29-24)17-11-5-3-6-12-17/h3-16H,1-2H3. The van der Waals surface area contributed by atoms with E-state index in [-0.39, 0.29) is 5.78 Å². The quantitative estimate of drug-likeness (QED) is 0.581. The minimum absolute atomic E-state index is 0.00730. The van der Waals surface area contributed by atoms with E-state index < -0.39 is 10.5 Å². The Kier molecular flexibility index (Phi) is 4.03. The van der Waals surface area contributed by atoms with E-state index in [0.29, 0.717) is 11.3 Å². The summed E-state index contributed by atoms with van der Waals surface area (Å²) in [6, 6.07) is 27.2. The van der Waals surface area contributed by atoms with Crippen LogP contribution in [0.25, 0.3) is 0 Å². The third-order valence-corrected chi connectivity index (χ3v) is 7.03. The summed E-state index contributed by atoms with van der Waals surface area (Å²) in [6.45, 7) is 3.93. The van der Waals surface area contributed by atoms with Crippen molar-refractivity contribution in [1.29, 1.82) is 0 Å². The van der Waals surface area contributed by atoms with Crippen LogP contribution in [0.4, 0.5) is 5.69 Å². The number of thioether (sulfide) groups is 1. The van der Waals surface area contributed by atoms with Crippen molar-refractivity contribution in [3.63, 3.8) is 0 Å². The number of hydrogen-bond donors (Lipinski definition) is 0. The lowest BCUT2D eigenvalue weighted by Crippen LogP contribution is -2.66. The molecule has 1 unspecified atom stereocenters. The summed E-state index contributed by atoms with van der Waals surface area (Å²) >= 11 is 1.47. The maximum atomic E-state index is 14.0. The van der Waals surface area contributed by atoms with Gasteiger partial charge in [-0.2, -0.15) is 5.10 Å². The van der Waals surface area contributed by atoms with Crippen molar-refractivity contribution < 1.29 is 9.53 Å². The van der Waals surface area contributed by atoms with E-state index in [0.717, 1.165) is 16.3 Å². The zero-order valence-electron chi connectivity index (χ0n) is 16.2. The highest BCUT2D eigenvalue weighted by Gasteiger charge is 2.65. The second-order valence-electron chi connectivity index (χ2n) is 7.60. The van der Waals surface area contributed by atoms with Crippen molar-refractivity contribution in [3.8, 4) is 5.75 Å². The molecule has 2 aliphatic rings. The lowest BCUT2D eigenvalue weighted by atomic mass is 9.85. The van der Waals surface area contributed by atoms with Crippen molar-refractivity contribution in [2.45, 2.75) is 24.3 Å². The maximum absolute atomic E-state index is 14.0. The van der Waals surface area contributed by atoms with Crippen molar-refractivity contribution in [3.05, 3.63) is 96.1 Å². The normalized spacial score (nSPS) is 22.2. The van der Waals surface area contributed by atoms with E-state index in [4.69, 9.17) is 9.84 Å². The van der Waals surface area contributed by atoms with Gasteiger partial charge in [0.15, 0.2) is 0 Å². The Bertz CT molecular complexity index is 1110. The minimum atomic E-state index is -1.05. The average Bonchev–Trinajstić information content (AvgIpc) is 3.16. The second-order valence-corrected chi connectivity index (χ2v) is 8.78. The van der Waals surface area contributed by atoms with Gasteiger partial charge in [-0.15, -0.1) is 0 Å². The fourth-order valence-corrected chi connectivity index (χ4v) is 5.31. The number of nitrogens with zero attached hydrogens (tertiary/aromatic N) is 2. The van der Waals surface area contributed by atoms with E-state index in [1.54, 1.807) is 0 Å². The Hall–Kier alpha value is -3.05. The number of carbonyl (C=O) groups is 1. The highest BCUT2D eigenvalue weighted by Crippen LogP contribution is 2.54. The molecule has 0 aliphatic carbocycles. The molecule has 1 atom stereocenters. The smallest absolute Gasteiger partial charge is 0.216 e. The van der Waals surface area contributed by atoms with E-state index in [1.165, 1.54) is 11.8 Å². The van der Waals surface area contributed by atoms with Crippen LogP contribution in [0.2, 0.25) is 0 Å². The number of hydrazone groups is 1. The Morgan fingerprint density at radius 1 is 0.862 bits per heavy atom. The van der Waals surface area contributed by atoms with Crippen molar-refractivity contribution in [1.82, 2.24) is 0 Å². The highest BCUT2D eigenvalue weighted by atomic mass is 32.2. The average molecular weight is 401 g/mol. The number of para-hydroxylation sites is 2. The molecular weight excluding hydrogens is 380 g/mol. The number of ketones is 1. The van der Waals surface area contributed by atoms with Gasteiger partial charge in [0.1, 0.15) is 16.4 Å². The second kappa shape index (κ2) is 6.49. The van der Waals surface area contributed by atoms with E-state index >= 15 is 0 Å². The SMILES string of the molecule is CC1(C)Oc2ccccc2C(=O)C12SC(c1ccccc1)=NN2c1ccccc1. The maximum Gasteiger partial charge on any atom is 0.216 e. The Balaban J connectivity index is 1.73. The van der Waals surface area contributed by atoms with Gasteiger partial charge in [0.05, 0.1) is 11.3 Å². The summed E-state index contributed by atoms with van der Waals surface area (Å²) in [5.41, 5.74) is 1.61. The lowest BCUT2D eigenvalue weighted by molar-refractivity contribution is 0.0392. The Morgan fingerprint density at radius 2 is 1.48 bits per heavy atom. The summed E-state index contributed by atoms with van der Waals surface area (Å²) in [7, 11) is 0. The van der Waals surface area contributed by atoms with Crippen LogP contribution in [-0.2, 0) is 0 Å². The number of fused-ring (bicyclic) bond motifs is 1. The molecule has 0 fully saturated rings. The molecule has 1 spiro atoms. The zero-order valence-corrected chi connectivity index (χ0v) is 17.0. The molecule has 5 heteroatoms. The molecule has 0 saturated carbocycles. The molecule has 2 heterocycles. The minimum Gasteiger partial charge on any atom is -0.483 e. The molecule has 0 N–H and O–H groups in total. The van der Waals surface area contributed by atoms with Crippen LogP contribution in [0.15, 0.2) is 90.0 Å². The molecule has 4 nitrogen and oxygen atoms in total. The first-order valence-corrected chi connectivity index (χ1v) is 10.4. The number of ether oxygens (including phenoxy) is 1. The van der Waals surface area contributed by atoms with Crippen LogP contribution in [0.1, 0.15) is 29.8 Å². The van der Waals surface area contributed by atoms with Gasteiger partial charge in [-0.05, 0) is 38.1 Å². The first kappa shape index (κ1) is 18.0. The van der Waals surface area contributed by atoms with Gasteiger partial charge in [0.2, 0.25) is 10.7 Å². The third-order valence-electron chi connectivity index (χ3n) is 5.38. The number of rotatable bonds is 2. The van der Waals surface area contributed by atoms with Gasteiger partial charge in [-0.25, -0.2) is 5.01 Å². The molecule has 0 radical (unpaired) electrons. The molecule has 3 aromatic rings. The van der Waals surface area contributed by atoms with Crippen LogP contribution in [0, 0.1) is 0 Å². The van der Waals surface area contributed by atoms with E-state index in [1.807, 2.05) is 104 Å². The predicted octanol–water partition coefficient (Wildman–Crippen LogP) is 5.35. The Labute approximate surface area is 174 Å². The molecule has 0 saturated heterocycles. The Morgan fingerprint density at radius 3 is 2.21 bits per heavy atom. The molecule has 2 aliphatic heterocycles. The topological polar surface area (TPSA) is 41.9 Å². The van der Waals surface area contributed by atoms with Crippen LogP contribution in [-0.4, -0.2) is 21.3 Å². The monoisotopic (exact) mass is 400 g/mol. The van der Waals surface area contributed by atoms with Crippen molar-refractivity contribution in [2.24, 2.45) is 5.10 Å². The van der Waals surface area contributed by atoms with Gasteiger partial charge < -0.3 is 4.74 Å².